The van der Waals surface area contributed by atoms with Gasteiger partial charge in [0.05, 0.1) is 6.20 Å². The number of pyridine rings is 1. The summed E-state index contributed by atoms with van der Waals surface area (Å²) >= 11 is 6.81. The van der Waals surface area contributed by atoms with E-state index in [1.807, 2.05) is 24.3 Å². The van der Waals surface area contributed by atoms with Crippen molar-refractivity contribution < 1.29 is 4.74 Å². The fourth-order valence-corrected chi connectivity index (χ4v) is 2.24. The zero-order valence-corrected chi connectivity index (χ0v) is 12.7. The van der Waals surface area contributed by atoms with E-state index in [0.29, 0.717) is 12.3 Å². The number of benzene rings is 1. The van der Waals surface area contributed by atoms with Gasteiger partial charge in [0, 0.05) is 15.1 Å². The van der Waals surface area contributed by atoms with Gasteiger partial charge in [-0.3, -0.25) is 4.98 Å². The van der Waals surface area contributed by atoms with Crippen LogP contribution in [0.3, 0.4) is 0 Å². The second-order valence-electron chi connectivity index (χ2n) is 3.73. The predicted molar refractivity (Wildman–Crippen MR) is 78.9 cm³/mol. The normalized spacial score (nSPS) is 10.4. The molecule has 3 nitrogen and oxygen atoms in total. The van der Waals surface area contributed by atoms with Gasteiger partial charge in [0.1, 0.15) is 11.5 Å². The van der Waals surface area contributed by atoms with Crippen molar-refractivity contribution in [1.82, 2.24) is 4.98 Å². The third kappa shape index (κ3) is 3.54. The molecule has 0 saturated carbocycles. The minimum absolute atomic E-state index is 0.592. The van der Waals surface area contributed by atoms with Gasteiger partial charge in [-0.05, 0) is 52.7 Å². The monoisotopic (exact) mass is 370 g/mol. The van der Waals surface area contributed by atoms with Crippen LogP contribution in [0.2, 0.25) is 0 Å². The first-order chi connectivity index (χ1) is 8.69. The van der Waals surface area contributed by atoms with Crippen LogP contribution < -0.4 is 10.5 Å². The maximum atomic E-state index is 5.85. The number of hydrogen-bond acceptors (Lipinski definition) is 3. The van der Waals surface area contributed by atoms with Gasteiger partial charge in [-0.2, -0.15) is 0 Å². The molecule has 2 aromatic rings. The van der Waals surface area contributed by atoms with E-state index >= 15 is 0 Å². The maximum Gasteiger partial charge on any atom is 0.146 e. The zero-order chi connectivity index (χ0) is 13.0. The molecule has 0 amide bonds. The van der Waals surface area contributed by atoms with Crippen LogP contribution >= 0.6 is 31.9 Å². The van der Waals surface area contributed by atoms with Crippen LogP contribution in [-0.4, -0.2) is 11.5 Å². The molecular formula is C13H12Br2N2O. The molecular weight excluding hydrogens is 360 g/mol. The van der Waals surface area contributed by atoms with Gasteiger partial charge in [-0.1, -0.05) is 22.0 Å². The lowest BCUT2D eigenvalue weighted by molar-refractivity contribution is 0.473. The van der Waals surface area contributed by atoms with E-state index in [0.717, 1.165) is 26.7 Å². The lowest BCUT2D eigenvalue weighted by atomic mass is 10.1. The van der Waals surface area contributed by atoms with Crippen LogP contribution in [0.5, 0.6) is 11.5 Å². The number of aromatic nitrogens is 1. The summed E-state index contributed by atoms with van der Waals surface area (Å²) in [5.41, 5.74) is 6.68. The Kier molecular flexibility index (Phi) is 4.74. The zero-order valence-electron chi connectivity index (χ0n) is 9.57. The Hall–Kier alpha value is -0.910. The fraction of sp³-hybridized carbons (Fsp3) is 0.154. The summed E-state index contributed by atoms with van der Waals surface area (Å²) in [6, 6.07) is 7.81. The van der Waals surface area contributed by atoms with Crippen molar-refractivity contribution in [3.63, 3.8) is 0 Å². The van der Waals surface area contributed by atoms with E-state index < -0.39 is 0 Å². The molecule has 0 aliphatic carbocycles. The molecule has 0 saturated heterocycles. The van der Waals surface area contributed by atoms with Gasteiger partial charge in [0.25, 0.3) is 0 Å². The number of nitrogens with zero attached hydrogens (tertiary/aromatic N) is 1. The van der Waals surface area contributed by atoms with Crippen LogP contribution in [0, 0.1) is 0 Å². The Morgan fingerprint density at radius 3 is 2.67 bits per heavy atom. The van der Waals surface area contributed by atoms with Crippen molar-refractivity contribution in [3.05, 3.63) is 51.2 Å². The van der Waals surface area contributed by atoms with Crippen LogP contribution in [-0.2, 0) is 6.42 Å². The molecule has 0 bridgehead atoms. The Morgan fingerprint density at radius 2 is 1.94 bits per heavy atom. The van der Waals surface area contributed by atoms with E-state index in [2.05, 4.69) is 36.8 Å². The average molecular weight is 372 g/mol. The first-order valence-corrected chi connectivity index (χ1v) is 7.04. The van der Waals surface area contributed by atoms with Gasteiger partial charge >= 0.3 is 0 Å². The molecule has 94 valence electrons. The number of nitrogens with two attached hydrogens (primary N) is 1. The molecule has 1 aromatic heterocycles. The lowest BCUT2D eigenvalue weighted by Crippen LogP contribution is -2.04. The summed E-state index contributed by atoms with van der Waals surface area (Å²) in [6.07, 6.45) is 4.18. The van der Waals surface area contributed by atoms with Crippen LogP contribution in [0.4, 0.5) is 0 Å². The molecule has 0 aliphatic heterocycles. The van der Waals surface area contributed by atoms with E-state index in [4.69, 9.17) is 10.5 Å². The standard InChI is InChI=1S/C13H12Br2N2O/c14-10-2-1-9(3-4-16)13(6-10)18-12-5-11(15)7-17-8-12/h1-2,5-8H,3-4,16H2. The van der Waals surface area contributed by atoms with Crippen molar-refractivity contribution >= 4 is 31.9 Å². The van der Waals surface area contributed by atoms with Crippen LogP contribution in [0.1, 0.15) is 5.56 Å². The van der Waals surface area contributed by atoms with Gasteiger partial charge in [0.2, 0.25) is 0 Å². The van der Waals surface area contributed by atoms with Crippen LogP contribution in [0.25, 0.3) is 0 Å². The van der Waals surface area contributed by atoms with Crippen molar-refractivity contribution in [2.24, 2.45) is 5.73 Å². The highest BCUT2D eigenvalue weighted by molar-refractivity contribution is 9.10. The van der Waals surface area contributed by atoms with Gasteiger partial charge in [-0.25, -0.2) is 0 Å². The number of rotatable bonds is 4. The van der Waals surface area contributed by atoms with Crippen molar-refractivity contribution in [2.75, 3.05) is 6.54 Å². The molecule has 2 rings (SSSR count). The molecule has 2 N–H and O–H groups in total. The summed E-state index contributed by atoms with van der Waals surface area (Å²) in [5, 5.41) is 0. The van der Waals surface area contributed by atoms with Gasteiger partial charge < -0.3 is 10.5 Å². The SMILES string of the molecule is NCCc1ccc(Br)cc1Oc1cncc(Br)c1. The Morgan fingerprint density at radius 1 is 1.11 bits per heavy atom. The first kappa shape index (κ1) is 13.5. The number of hydrogen-bond donors (Lipinski definition) is 1. The quantitative estimate of drug-likeness (QED) is 0.886. The van der Waals surface area contributed by atoms with Crippen molar-refractivity contribution in [3.8, 4) is 11.5 Å². The molecule has 0 unspecified atom stereocenters. The topological polar surface area (TPSA) is 48.1 Å². The largest absolute Gasteiger partial charge is 0.455 e. The first-order valence-electron chi connectivity index (χ1n) is 5.46. The summed E-state index contributed by atoms with van der Waals surface area (Å²) in [6.45, 7) is 0.592. The highest BCUT2D eigenvalue weighted by Crippen LogP contribution is 2.29. The lowest BCUT2D eigenvalue weighted by Gasteiger charge is -2.11. The molecule has 18 heavy (non-hydrogen) atoms. The van der Waals surface area contributed by atoms with E-state index in [1.54, 1.807) is 12.4 Å². The molecule has 0 radical (unpaired) electrons. The van der Waals surface area contributed by atoms with Gasteiger partial charge in [0.15, 0.2) is 0 Å². The highest BCUT2D eigenvalue weighted by Gasteiger charge is 2.06. The van der Waals surface area contributed by atoms with Crippen molar-refractivity contribution in [2.45, 2.75) is 6.42 Å². The number of ether oxygens (including phenoxy) is 1. The molecule has 0 aliphatic rings. The third-order valence-corrected chi connectivity index (χ3v) is 3.28. The second-order valence-corrected chi connectivity index (χ2v) is 5.56. The minimum Gasteiger partial charge on any atom is -0.455 e. The smallest absolute Gasteiger partial charge is 0.146 e. The molecule has 1 aromatic carbocycles. The molecule has 1 heterocycles. The highest BCUT2D eigenvalue weighted by atomic mass is 79.9. The van der Waals surface area contributed by atoms with Crippen molar-refractivity contribution in [1.29, 1.82) is 0 Å². The molecule has 5 heteroatoms. The summed E-state index contributed by atoms with van der Waals surface area (Å²) in [4.78, 5) is 4.07. The van der Waals surface area contributed by atoms with Crippen LogP contribution in [0.15, 0.2) is 45.6 Å². The predicted octanol–water partition coefficient (Wildman–Crippen LogP) is 3.90. The maximum absolute atomic E-state index is 5.85. The molecule has 0 spiro atoms. The third-order valence-electron chi connectivity index (χ3n) is 2.35. The average Bonchev–Trinajstić information content (AvgIpc) is 2.33. The Bertz CT molecular complexity index is 546. The minimum atomic E-state index is 0.592. The van der Waals surface area contributed by atoms with Gasteiger partial charge in [-0.15, -0.1) is 0 Å². The second kappa shape index (κ2) is 6.31. The Labute approximate surface area is 123 Å². The molecule has 0 fully saturated rings. The van der Waals surface area contributed by atoms with E-state index in [1.165, 1.54) is 0 Å². The van der Waals surface area contributed by atoms with E-state index in [9.17, 15) is 0 Å². The number of halogens is 2. The fourth-order valence-electron chi connectivity index (χ4n) is 1.56. The summed E-state index contributed by atoms with van der Waals surface area (Å²) in [5.74, 6) is 1.50. The molecule has 0 atom stereocenters. The summed E-state index contributed by atoms with van der Waals surface area (Å²) in [7, 11) is 0. The summed E-state index contributed by atoms with van der Waals surface area (Å²) < 4.78 is 7.70. The Balaban J connectivity index is 2.29. The van der Waals surface area contributed by atoms with E-state index in [-0.39, 0.29) is 0 Å².